The summed E-state index contributed by atoms with van der Waals surface area (Å²) in [5.74, 6) is -0.471. The van der Waals surface area contributed by atoms with Crippen molar-refractivity contribution < 1.29 is 18.7 Å². The van der Waals surface area contributed by atoms with Crippen molar-refractivity contribution in [1.82, 2.24) is 10.6 Å². The average Bonchev–Trinajstić information content (AvgIpc) is 3.19. The largest absolute Gasteiger partial charge is 0.376 e. The second-order valence-corrected chi connectivity index (χ2v) is 6.25. The number of rotatable bonds is 4. The Morgan fingerprint density at radius 1 is 1.42 bits per heavy atom. The molecule has 3 amide bonds. The Morgan fingerprint density at radius 3 is 2.96 bits per heavy atom. The zero-order valence-electron chi connectivity index (χ0n) is 13.7. The van der Waals surface area contributed by atoms with E-state index in [2.05, 4.69) is 10.6 Å². The number of urea groups is 1. The highest BCUT2D eigenvalue weighted by Crippen LogP contribution is 2.23. The molecule has 2 unspecified atom stereocenters. The van der Waals surface area contributed by atoms with Gasteiger partial charge in [0.05, 0.1) is 6.10 Å². The van der Waals surface area contributed by atoms with E-state index in [1.165, 1.54) is 6.07 Å². The Balaban J connectivity index is 1.53. The van der Waals surface area contributed by atoms with Crippen molar-refractivity contribution in [3.63, 3.8) is 0 Å². The maximum Gasteiger partial charge on any atom is 0.315 e. The third-order valence-electron chi connectivity index (χ3n) is 4.48. The third-order valence-corrected chi connectivity index (χ3v) is 4.48. The Kier molecular flexibility index (Phi) is 4.99. The normalized spacial score (nSPS) is 23.6. The molecule has 0 radical (unpaired) electrons. The van der Waals surface area contributed by atoms with Crippen LogP contribution in [0.1, 0.15) is 24.8 Å². The molecule has 6 nitrogen and oxygen atoms in total. The quantitative estimate of drug-likeness (QED) is 0.880. The first-order valence-electron chi connectivity index (χ1n) is 8.28. The van der Waals surface area contributed by atoms with Crippen molar-refractivity contribution in [2.24, 2.45) is 0 Å². The number of halogens is 1. The maximum absolute atomic E-state index is 13.4. The summed E-state index contributed by atoms with van der Waals surface area (Å²) in [6, 6.07) is 3.67. The molecule has 3 rings (SSSR count). The minimum absolute atomic E-state index is 0.0636. The van der Waals surface area contributed by atoms with Crippen LogP contribution in [0.5, 0.6) is 0 Å². The van der Waals surface area contributed by atoms with Gasteiger partial charge in [0.15, 0.2) is 0 Å². The fourth-order valence-corrected chi connectivity index (χ4v) is 3.09. The molecule has 2 N–H and O–H groups in total. The average molecular weight is 335 g/mol. The molecule has 2 heterocycles. The molecular weight excluding hydrogens is 313 g/mol. The molecule has 2 aliphatic heterocycles. The summed E-state index contributed by atoms with van der Waals surface area (Å²) in [5, 5.41) is 5.46. The summed E-state index contributed by atoms with van der Waals surface area (Å²) in [6.45, 7) is 3.35. The van der Waals surface area contributed by atoms with Crippen LogP contribution in [0.2, 0.25) is 0 Å². The molecule has 2 aliphatic rings. The highest BCUT2D eigenvalue weighted by atomic mass is 19.1. The number of nitrogens with one attached hydrogen (secondary N) is 2. The summed E-state index contributed by atoms with van der Waals surface area (Å²) in [5.41, 5.74) is 1.15. The van der Waals surface area contributed by atoms with Gasteiger partial charge in [-0.15, -0.1) is 0 Å². The van der Waals surface area contributed by atoms with Crippen LogP contribution in [-0.4, -0.2) is 43.8 Å². The molecule has 130 valence electrons. The first kappa shape index (κ1) is 16.7. The molecule has 2 atom stereocenters. The molecular formula is C17H22FN3O3. The first-order chi connectivity index (χ1) is 11.5. The zero-order valence-corrected chi connectivity index (χ0v) is 13.7. The number of ether oxygens (including phenoxy) is 1. The minimum Gasteiger partial charge on any atom is -0.376 e. The van der Waals surface area contributed by atoms with Gasteiger partial charge in [0.2, 0.25) is 5.91 Å². The lowest BCUT2D eigenvalue weighted by Crippen LogP contribution is -2.47. The van der Waals surface area contributed by atoms with E-state index in [9.17, 15) is 14.0 Å². The summed E-state index contributed by atoms with van der Waals surface area (Å²) in [6.07, 6.45) is 2.55. The van der Waals surface area contributed by atoms with E-state index in [-0.39, 0.29) is 23.9 Å². The van der Waals surface area contributed by atoms with Crippen molar-refractivity contribution >= 4 is 17.6 Å². The first-order valence-corrected chi connectivity index (χ1v) is 8.28. The number of nitrogens with zero attached hydrogens (tertiary/aromatic N) is 1. The fraction of sp³-hybridized carbons (Fsp3) is 0.529. The van der Waals surface area contributed by atoms with Crippen LogP contribution < -0.4 is 15.5 Å². The van der Waals surface area contributed by atoms with E-state index in [0.717, 1.165) is 19.4 Å². The van der Waals surface area contributed by atoms with Gasteiger partial charge in [-0.2, -0.15) is 0 Å². The molecule has 24 heavy (non-hydrogen) atoms. The van der Waals surface area contributed by atoms with Gasteiger partial charge in [-0.25, -0.2) is 9.18 Å². The number of hydrogen-bond donors (Lipinski definition) is 2. The van der Waals surface area contributed by atoms with Crippen LogP contribution in [0.3, 0.4) is 0 Å². The molecule has 1 aromatic carbocycles. The highest BCUT2D eigenvalue weighted by molar-refractivity contribution is 6.01. The van der Waals surface area contributed by atoms with Crippen LogP contribution in [0, 0.1) is 12.7 Å². The van der Waals surface area contributed by atoms with E-state index in [1.807, 2.05) is 0 Å². The van der Waals surface area contributed by atoms with Gasteiger partial charge in [-0.3, -0.25) is 4.79 Å². The summed E-state index contributed by atoms with van der Waals surface area (Å²) >= 11 is 0. The number of hydrogen-bond acceptors (Lipinski definition) is 3. The minimum atomic E-state index is -0.556. The number of carbonyl (C=O) groups is 2. The van der Waals surface area contributed by atoms with E-state index >= 15 is 0 Å². The molecule has 0 spiro atoms. The maximum atomic E-state index is 13.4. The van der Waals surface area contributed by atoms with Crippen LogP contribution in [-0.2, 0) is 9.53 Å². The van der Waals surface area contributed by atoms with E-state index < -0.39 is 6.04 Å². The van der Waals surface area contributed by atoms with Crippen LogP contribution in [0.25, 0.3) is 0 Å². The van der Waals surface area contributed by atoms with Gasteiger partial charge in [-0.05, 0) is 49.9 Å². The molecule has 2 saturated heterocycles. The van der Waals surface area contributed by atoms with Gasteiger partial charge in [0, 0.05) is 25.4 Å². The molecule has 0 bridgehead atoms. The summed E-state index contributed by atoms with van der Waals surface area (Å²) in [7, 11) is 0. The van der Waals surface area contributed by atoms with Crippen molar-refractivity contribution in [3.05, 3.63) is 29.6 Å². The second-order valence-electron chi connectivity index (χ2n) is 6.25. The van der Waals surface area contributed by atoms with Crippen molar-refractivity contribution in [3.8, 4) is 0 Å². The van der Waals surface area contributed by atoms with E-state index in [0.29, 0.717) is 30.8 Å². The lowest BCUT2D eigenvalue weighted by atomic mass is 10.2. The van der Waals surface area contributed by atoms with Crippen LogP contribution >= 0.6 is 0 Å². The SMILES string of the molecule is Cc1cc(N2CCC(NC(=O)NCC3CCCO3)C2=O)ccc1F. The fourth-order valence-electron chi connectivity index (χ4n) is 3.09. The number of carbonyl (C=O) groups excluding carboxylic acids is 2. The number of aryl methyl sites for hydroxylation is 1. The van der Waals surface area contributed by atoms with Crippen molar-refractivity contribution in [1.29, 1.82) is 0 Å². The number of benzene rings is 1. The van der Waals surface area contributed by atoms with E-state index in [4.69, 9.17) is 4.74 Å². The van der Waals surface area contributed by atoms with Gasteiger partial charge >= 0.3 is 6.03 Å². The van der Waals surface area contributed by atoms with Crippen molar-refractivity contribution in [2.45, 2.75) is 38.3 Å². The van der Waals surface area contributed by atoms with Gasteiger partial charge in [0.25, 0.3) is 0 Å². The van der Waals surface area contributed by atoms with E-state index in [1.54, 1.807) is 24.0 Å². The Labute approximate surface area is 140 Å². The molecule has 2 fully saturated rings. The Bertz CT molecular complexity index is 632. The second kappa shape index (κ2) is 7.17. The summed E-state index contributed by atoms with van der Waals surface area (Å²) < 4.78 is 18.8. The molecule has 0 aromatic heterocycles. The third kappa shape index (κ3) is 3.67. The van der Waals surface area contributed by atoms with Crippen LogP contribution in [0.4, 0.5) is 14.9 Å². The topological polar surface area (TPSA) is 70.7 Å². The van der Waals surface area contributed by atoms with Gasteiger partial charge in [-0.1, -0.05) is 0 Å². The Morgan fingerprint density at radius 2 is 2.25 bits per heavy atom. The molecule has 7 heteroatoms. The lowest BCUT2D eigenvalue weighted by Gasteiger charge is -2.18. The monoisotopic (exact) mass is 335 g/mol. The highest BCUT2D eigenvalue weighted by Gasteiger charge is 2.33. The van der Waals surface area contributed by atoms with Crippen LogP contribution in [0.15, 0.2) is 18.2 Å². The van der Waals surface area contributed by atoms with Gasteiger partial charge in [0.1, 0.15) is 11.9 Å². The molecule has 0 aliphatic carbocycles. The summed E-state index contributed by atoms with van der Waals surface area (Å²) in [4.78, 5) is 26.0. The number of amides is 3. The standard InChI is InChI=1S/C17H22FN3O3/c1-11-9-12(4-5-14(11)18)21-7-6-15(16(21)22)20-17(23)19-10-13-3-2-8-24-13/h4-5,9,13,15H,2-3,6-8,10H2,1H3,(H2,19,20,23). The lowest BCUT2D eigenvalue weighted by molar-refractivity contribution is -0.118. The molecule has 0 saturated carbocycles. The predicted octanol–water partition coefficient (Wildman–Crippen LogP) is 1.72. The smallest absolute Gasteiger partial charge is 0.315 e. The predicted molar refractivity (Wildman–Crippen MR) is 87.4 cm³/mol. The van der Waals surface area contributed by atoms with Gasteiger partial charge < -0.3 is 20.3 Å². The van der Waals surface area contributed by atoms with Crippen molar-refractivity contribution in [2.75, 3.05) is 24.6 Å². The molecule has 1 aromatic rings. The zero-order chi connectivity index (χ0) is 17.1. The number of anilines is 1. The Hall–Kier alpha value is -2.15.